The van der Waals surface area contributed by atoms with Crippen LogP contribution >= 0.6 is 0 Å². The van der Waals surface area contributed by atoms with Crippen LogP contribution in [0.25, 0.3) is 0 Å². The monoisotopic (exact) mass is 410 g/mol. The summed E-state index contributed by atoms with van der Waals surface area (Å²) in [5.74, 6) is 0.575. The van der Waals surface area contributed by atoms with Gasteiger partial charge in [-0.25, -0.2) is 0 Å². The lowest BCUT2D eigenvalue weighted by Gasteiger charge is -2.20. The molecule has 2 N–H and O–H groups in total. The molecule has 0 radical (unpaired) electrons. The fraction of sp³-hybridized carbons (Fsp3) is 0.381. The second-order valence-corrected chi connectivity index (χ2v) is 7.50. The van der Waals surface area contributed by atoms with Gasteiger partial charge in [-0.05, 0) is 56.7 Å². The number of carbonyl (C=O) groups excluding carboxylic acids is 1. The van der Waals surface area contributed by atoms with Crippen molar-refractivity contribution in [1.29, 1.82) is 0 Å². The molecule has 0 aliphatic carbocycles. The first-order valence-electron chi connectivity index (χ1n) is 9.00. The highest BCUT2D eigenvalue weighted by molar-refractivity contribution is 5.78. The molecule has 8 heteroatoms. The van der Waals surface area contributed by atoms with Gasteiger partial charge in [-0.2, -0.15) is 13.2 Å². The first-order valence-corrected chi connectivity index (χ1v) is 9.00. The van der Waals surface area contributed by atoms with Crippen molar-refractivity contribution in [2.45, 2.75) is 39.0 Å². The molecule has 0 atom stereocenters. The smallest absolute Gasteiger partial charge is 0.416 e. The molecule has 0 bridgehead atoms. The molecule has 1 amide bonds. The number of rotatable bonds is 7. The third-order valence-electron chi connectivity index (χ3n) is 3.79. The number of amides is 1. The summed E-state index contributed by atoms with van der Waals surface area (Å²) in [6, 6.07) is 10.1. The van der Waals surface area contributed by atoms with E-state index in [1.54, 1.807) is 24.3 Å². The van der Waals surface area contributed by atoms with Gasteiger partial charge >= 0.3 is 6.18 Å². The minimum absolute atomic E-state index is 0.157. The Morgan fingerprint density at radius 3 is 2.38 bits per heavy atom. The van der Waals surface area contributed by atoms with Crippen LogP contribution in [-0.2, 0) is 17.5 Å². The zero-order valence-corrected chi connectivity index (χ0v) is 16.8. The van der Waals surface area contributed by atoms with Crippen LogP contribution in [0.15, 0.2) is 42.5 Å². The number of alkyl halides is 3. The number of halogens is 3. The minimum atomic E-state index is -4.39. The van der Waals surface area contributed by atoms with Gasteiger partial charge < -0.3 is 20.1 Å². The highest BCUT2D eigenvalue weighted by Crippen LogP contribution is 2.31. The van der Waals surface area contributed by atoms with E-state index in [4.69, 9.17) is 9.47 Å². The maximum absolute atomic E-state index is 12.8. The van der Waals surface area contributed by atoms with Crippen molar-refractivity contribution in [3.63, 3.8) is 0 Å². The molecule has 2 rings (SSSR count). The standard InChI is InChI=1S/C21H25F3N2O3/c1-20(2,3)26-19(27)13-29-17-9-8-14(10-18(17)28-4)12-25-16-7-5-6-15(11-16)21(22,23)24/h5-11,25H,12-13H2,1-4H3,(H,26,27). The molecular weight excluding hydrogens is 385 g/mol. The van der Waals surface area contributed by atoms with Crippen molar-refractivity contribution in [2.24, 2.45) is 0 Å². The zero-order valence-electron chi connectivity index (χ0n) is 16.8. The summed E-state index contributed by atoms with van der Waals surface area (Å²) < 4.78 is 49.2. The molecular formula is C21H25F3N2O3. The number of hydrogen-bond acceptors (Lipinski definition) is 4. The van der Waals surface area contributed by atoms with Gasteiger partial charge in [0.2, 0.25) is 0 Å². The summed E-state index contributed by atoms with van der Waals surface area (Å²) in [6.45, 7) is 5.75. The van der Waals surface area contributed by atoms with Crippen molar-refractivity contribution in [2.75, 3.05) is 19.0 Å². The lowest BCUT2D eigenvalue weighted by Crippen LogP contribution is -2.43. The molecule has 2 aromatic rings. The van der Waals surface area contributed by atoms with Crippen molar-refractivity contribution in [1.82, 2.24) is 5.32 Å². The highest BCUT2D eigenvalue weighted by Gasteiger charge is 2.30. The topological polar surface area (TPSA) is 59.6 Å². The molecule has 0 saturated carbocycles. The highest BCUT2D eigenvalue weighted by atomic mass is 19.4. The molecule has 0 unspecified atom stereocenters. The van der Waals surface area contributed by atoms with E-state index in [0.717, 1.165) is 17.7 Å². The molecule has 0 aliphatic heterocycles. The van der Waals surface area contributed by atoms with E-state index in [2.05, 4.69) is 10.6 Å². The van der Waals surface area contributed by atoms with Gasteiger partial charge in [-0.15, -0.1) is 0 Å². The molecule has 5 nitrogen and oxygen atoms in total. The summed E-state index contributed by atoms with van der Waals surface area (Å²) >= 11 is 0. The van der Waals surface area contributed by atoms with Crippen LogP contribution in [0.5, 0.6) is 11.5 Å². The van der Waals surface area contributed by atoms with Crippen molar-refractivity contribution in [3.8, 4) is 11.5 Å². The van der Waals surface area contributed by atoms with Gasteiger partial charge in [0, 0.05) is 17.8 Å². The molecule has 0 fully saturated rings. The number of hydrogen-bond donors (Lipinski definition) is 2. The number of benzene rings is 2. The summed E-state index contributed by atoms with van der Waals surface area (Å²) in [5.41, 5.74) is 0.0739. The van der Waals surface area contributed by atoms with E-state index in [9.17, 15) is 18.0 Å². The predicted molar refractivity (Wildman–Crippen MR) is 105 cm³/mol. The van der Waals surface area contributed by atoms with Crippen molar-refractivity contribution >= 4 is 11.6 Å². The van der Waals surface area contributed by atoms with E-state index in [1.165, 1.54) is 13.2 Å². The molecule has 0 aliphatic rings. The van der Waals surface area contributed by atoms with Crippen LogP contribution in [-0.4, -0.2) is 25.2 Å². The molecule has 0 heterocycles. The Kier molecular flexibility index (Phi) is 7.00. The average molecular weight is 410 g/mol. The molecule has 158 valence electrons. The van der Waals surface area contributed by atoms with Crippen LogP contribution < -0.4 is 20.1 Å². The lowest BCUT2D eigenvalue weighted by molar-refractivity contribution is -0.137. The second-order valence-electron chi connectivity index (χ2n) is 7.50. The number of ether oxygens (including phenoxy) is 2. The number of anilines is 1. The Morgan fingerprint density at radius 1 is 1.03 bits per heavy atom. The van der Waals surface area contributed by atoms with Gasteiger partial charge in [0.25, 0.3) is 5.91 Å². The van der Waals surface area contributed by atoms with E-state index in [0.29, 0.717) is 23.7 Å². The Labute approximate surface area is 168 Å². The minimum Gasteiger partial charge on any atom is -0.493 e. The molecule has 0 saturated heterocycles. The maximum atomic E-state index is 12.8. The quantitative estimate of drug-likeness (QED) is 0.699. The second kappa shape index (κ2) is 9.07. The van der Waals surface area contributed by atoms with Crippen LogP contribution in [0.4, 0.5) is 18.9 Å². The van der Waals surface area contributed by atoms with Gasteiger partial charge in [0.1, 0.15) is 0 Å². The van der Waals surface area contributed by atoms with Gasteiger partial charge in [-0.3, -0.25) is 4.79 Å². The largest absolute Gasteiger partial charge is 0.493 e. The first kappa shape index (κ1) is 22.4. The van der Waals surface area contributed by atoms with Gasteiger partial charge in [-0.1, -0.05) is 12.1 Å². The number of carbonyl (C=O) groups is 1. The number of nitrogens with one attached hydrogen (secondary N) is 2. The molecule has 0 aromatic heterocycles. The fourth-order valence-electron chi connectivity index (χ4n) is 2.55. The van der Waals surface area contributed by atoms with Gasteiger partial charge in [0.15, 0.2) is 18.1 Å². The molecule has 29 heavy (non-hydrogen) atoms. The molecule has 2 aromatic carbocycles. The summed E-state index contributed by atoms with van der Waals surface area (Å²) in [5, 5.41) is 5.76. The predicted octanol–water partition coefficient (Wildman–Crippen LogP) is 4.62. The Morgan fingerprint density at radius 2 is 1.76 bits per heavy atom. The van der Waals surface area contributed by atoms with E-state index >= 15 is 0 Å². The fourth-order valence-corrected chi connectivity index (χ4v) is 2.55. The van der Waals surface area contributed by atoms with Crippen molar-refractivity contribution < 1.29 is 27.4 Å². The van der Waals surface area contributed by atoms with Crippen LogP contribution in [0.3, 0.4) is 0 Å². The summed E-state index contributed by atoms with van der Waals surface area (Å²) in [6.07, 6.45) is -4.39. The van der Waals surface area contributed by atoms with E-state index in [-0.39, 0.29) is 18.1 Å². The SMILES string of the molecule is COc1cc(CNc2cccc(C(F)(F)F)c2)ccc1OCC(=O)NC(C)(C)C. The van der Waals surface area contributed by atoms with Crippen LogP contribution in [0, 0.1) is 0 Å². The Bertz CT molecular complexity index is 846. The summed E-state index contributed by atoms with van der Waals surface area (Å²) in [7, 11) is 1.47. The number of methoxy groups -OCH3 is 1. The van der Waals surface area contributed by atoms with Gasteiger partial charge in [0.05, 0.1) is 12.7 Å². The van der Waals surface area contributed by atoms with Crippen molar-refractivity contribution in [3.05, 3.63) is 53.6 Å². The summed E-state index contributed by atoms with van der Waals surface area (Å²) in [4.78, 5) is 11.9. The van der Waals surface area contributed by atoms with E-state index in [1.807, 2.05) is 20.8 Å². The third kappa shape index (κ3) is 7.21. The Balaban J connectivity index is 2.01. The normalized spacial score (nSPS) is 11.7. The Hall–Kier alpha value is -2.90. The first-order chi connectivity index (χ1) is 13.5. The average Bonchev–Trinajstić information content (AvgIpc) is 2.63. The zero-order chi connectivity index (χ0) is 21.7. The van der Waals surface area contributed by atoms with E-state index < -0.39 is 11.7 Å². The lowest BCUT2D eigenvalue weighted by atomic mass is 10.1. The third-order valence-corrected chi connectivity index (χ3v) is 3.79. The van der Waals surface area contributed by atoms with Crippen LogP contribution in [0.1, 0.15) is 31.9 Å². The molecule has 0 spiro atoms. The maximum Gasteiger partial charge on any atom is 0.416 e. The van der Waals surface area contributed by atoms with Crippen LogP contribution in [0.2, 0.25) is 0 Å².